The molecule has 0 saturated carbocycles. The topological polar surface area (TPSA) is 40.1 Å². The molecule has 0 spiro atoms. The van der Waals surface area contributed by atoms with Gasteiger partial charge in [-0.05, 0) is 38.5 Å². The third kappa shape index (κ3) is 21.2. The fourth-order valence-electron chi connectivity index (χ4n) is 1.70. The normalized spacial score (nSPS) is 20.1. The first-order valence-corrected chi connectivity index (χ1v) is 7.02. The zero-order valence-corrected chi connectivity index (χ0v) is 15.7. The van der Waals surface area contributed by atoms with E-state index in [1.807, 2.05) is 12.2 Å². The summed E-state index contributed by atoms with van der Waals surface area (Å²) in [7, 11) is 0. The van der Waals surface area contributed by atoms with E-state index < -0.39 is 31.9 Å². The zero-order chi connectivity index (χ0) is 22.1. The van der Waals surface area contributed by atoms with E-state index in [1.165, 1.54) is 0 Å². The van der Waals surface area contributed by atoms with Gasteiger partial charge in [0.15, 0.2) is 0 Å². The van der Waals surface area contributed by atoms with Crippen LogP contribution in [0.1, 0.15) is 103 Å². The number of rotatable bonds is 14. The van der Waals surface area contributed by atoms with Crippen LogP contribution in [-0.2, 0) is 4.79 Å². The van der Waals surface area contributed by atoms with Crippen LogP contribution >= 0.6 is 0 Å². The Labute approximate surface area is 180 Å². The molecule has 0 N–H and O–H groups in total. The second-order valence-electron chi connectivity index (χ2n) is 4.47. The van der Waals surface area contributed by atoms with Crippen LogP contribution in [0.5, 0.6) is 0 Å². The third-order valence-electron chi connectivity index (χ3n) is 2.74. The third-order valence-corrected chi connectivity index (χ3v) is 2.74. The summed E-state index contributed by atoms with van der Waals surface area (Å²) in [5, 5.41) is 10.3. The fourth-order valence-corrected chi connectivity index (χ4v) is 1.70. The van der Waals surface area contributed by atoms with Crippen molar-refractivity contribution in [1.82, 2.24) is 0 Å². The van der Waals surface area contributed by atoms with Gasteiger partial charge in [-0.1, -0.05) is 63.8 Å². The van der Waals surface area contributed by atoms with Gasteiger partial charge in [-0.15, -0.1) is 0 Å². The maximum atomic E-state index is 10.3. The van der Waals surface area contributed by atoms with Crippen LogP contribution in [0.3, 0.4) is 0 Å². The smallest absolute Gasteiger partial charge is 0.550 e. The van der Waals surface area contributed by atoms with E-state index >= 15 is 0 Å². The van der Waals surface area contributed by atoms with Crippen LogP contribution in [0.2, 0.25) is 0 Å². The molecule has 0 amide bonds. The van der Waals surface area contributed by atoms with Gasteiger partial charge >= 0.3 is 51.4 Å². The van der Waals surface area contributed by atoms with Crippen LogP contribution in [0.15, 0.2) is 12.2 Å². The number of hydrogen-bond donors (Lipinski definition) is 0. The minimum Gasteiger partial charge on any atom is -0.550 e. The van der Waals surface area contributed by atoms with Crippen molar-refractivity contribution >= 4 is 5.97 Å². The van der Waals surface area contributed by atoms with Crippen molar-refractivity contribution in [2.45, 2.75) is 90.2 Å². The van der Waals surface area contributed by atoms with Gasteiger partial charge in [0.25, 0.3) is 0 Å². The van der Waals surface area contributed by atoms with Crippen LogP contribution in [0.25, 0.3) is 0 Å². The molecule has 0 aliphatic carbocycles. The van der Waals surface area contributed by atoms with E-state index in [4.69, 9.17) is 12.3 Å². The maximum absolute atomic E-state index is 10.3. The van der Waals surface area contributed by atoms with Crippen LogP contribution in [0, 0.1) is 0 Å². The Kier molecular flexibility index (Phi) is 10.5. The zero-order valence-electron chi connectivity index (χ0n) is 21.5. The molecular formula is C17H31KO2. The minimum absolute atomic E-state index is 0. The van der Waals surface area contributed by atoms with Crippen molar-refractivity contribution < 1.29 is 73.6 Å². The summed E-state index contributed by atoms with van der Waals surface area (Å²) < 4.78 is 67.8. The fraction of sp³-hybridized carbons (Fsp3) is 0.824. The molecule has 0 aromatic carbocycles. The average molecular weight is 316 g/mol. The molecule has 0 aromatic heterocycles. The van der Waals surface area contributed by atoms with Gasteiger partial charge in [-0.2, -0.15) is 0 Å². The molecule has 0 bridgehead atoms. The average Bonchev–Trinajstić information content (AvgIpc) is 2.54. The number of carbonyl (C=O) groups is 1. The Hall–Kier alpha value is 0.846. The van der Waals surface area contributed by atoms with E-state index in [-0.39, 0.29) is 64.2 Å². The maximum Gasteiger partial charge on any atom is 1.00 e. The van der Waals surface area contributed by atoms with E-state index in [2.05, 4.69) is 0 Å². The number of carbonyl (C=O) groups excluding carboxylic acids is 1. The van der Waals surface area contributed by atoms with Crippen molar-refractivity contribution in [3.05, 3.63) is 12.2 Å². The molecule has 0 aliphatic heterocycles. The van der Waals surface area contributed by atoms with Gasteiger partial charge in [-0.25, -0.2) is 0 Å². The Morgan fingerprint density at radius 2 is 1.60 bits per heavy atom. The van der Waals surface area contributed by atoms with Gasteiger partial charge < -0.3 is 9.90 Å². The van der Waals surface area contributed by atoms with Crippen LogP contribution in [-0.4, -0.2) is 5.97 Å². The minimum atomic E-state index is -3.29. The standard InChI is InChI=1S/C17H32O2.K/c1-2-3-4-5-6-7-8-9-10-11-12-13-14-15-16-17(18)19;/h9-10H,2-8,11-16H2,1H3,(H,18,19);/q;+1/p-1/b10-9-;/i1D3,2D2,3D2,4D2;. The molecule has 112 valence electrons. The molecule has 0 heterocycles. The van der Waals surface area contributed by atoms with Gasteiger partial charge in [0.2, 0.25) is 0 Å². The molecule has 0 atom stereocenters. The van der Waals surface area contributed by atoms with Crippen molar-refractivity contribution in [2.24, 2.45) is 0 Å². The number of unbranched alkanes of at least 4 members (excludes halogenated alkanes) is 6. The molecule has 0 rings (SSSR count). The molecule has 20 heavy (non-hydrogen) atoms. The molecule has 0 radical (unpaired) electrons. The van der Waals surface area contributed by atoms with Gasteiger partial charge in [0.1, 0.15) is 0 Å². The SMILES string of the molecule is [2H]C([2H])([2H])C([2H])([2H])C([2H])([2H])C([2H])([2H])CCCC/C=C\CCCCCCC(=O)[O-].[K+]. The summed E-state index contributed by atoms with van der Waals surface area (Å²) in [6.45, 7) is -3.25. The number of carboxylic acids is 1. The molecular weight excluding hydrogens is 275 g/mol. The predicted molar refractivity (Wildman–Crippen MR) is 79.8 cm³/mol. The number of hydrogen-bond acceptors (Lipinski definition) is 2. The molecule has 2 nitrogen and oxygen atoms in total. The number of carboxylic acid groups (broad SMARTS) is 1. The number of allylic oxidation sites excluding steroid dienone is 2. The molecule has 0 saturated heterocycles. The largest absolute Gasteiger partial charge is 1.00 e. The van der Waals surface area contributed by atoms with Gasteiger partial charge in [0.05, 0.1) is 0 Å². The summed E-state index contributed by atoms with van der Waals surface area (Å²) in [6, 6.07) is 0. The Balaban J connectivity index is 0. The van der Waals surface area contributed by atoms with Crippen molar-refractivity contribution in [3.8, 4) is 0 Å². The van der Waals surface area contributed by atoms with Crippen molar-refractivity contribution in [3.63, 3.8) is 0 Å². The van der Waals surface area contributed by atoms with Crippen LogP contribution in [0.4, 0.5) is 0 Å². The van der Waals surface area contributed by atoms with Crippen molar-refractivity contribution in [1.29, 1.82) is 0 Å². The molecule has 0 aromatic rings. The second-order valence-corrected chi connectivity index (χ2v) is 4.47. The first-order valence-electron chi connectivity index (χ1n) is 11.5. The summed E-state index contributed by atoms with van der Waals surface area (Å²) in [4.78, 5) is 10.3. The van der Waals surface area contributed by atoms with E-state index in [9.17, 15) is 9.90 Å². The summed E-state index contributed by atoms with van der Waals surface area (Å²) in [5.74, 6) is -1.02. The van der Waals surface area contributed by atoms with E-state index in [1.54, 1.807) is 0 Å². The summed E-state index contributed by atoms with van der Waals surface area (Å²) in [6.07, 6.45) is 0.583. The number of aliphatic carboxylic acids is 1. The first kappa shape index (κ1) is 10.6. The quantitative estimate of drug-likeness (QED) is 0.276. The van der Waals surface area contributed by atoms with E-state index in [0.29, 0.717) is 25.7 Å². The second kappa shape index (κ2) is 19.8. The van der Waals surface area contributed by atoms with Crippen LogP contribution < -0.4 is 56.5 Å². The predicted octanol–water partition coefficient (Wildman–Crippen LogP) is 1.39. The molecule has 0 unspecified atom stereocenters. The Morgan fingerprint density at radius 3 is 2.20 bits per heavy atom. The molecule has 3 heteroatoms. The Bertz CT molecular complexity index is 506. The monoisotopic (exact) mass is 315 g/mol. The van der Waals surface area contributed by atoms with Gasteiger partial charge in [-0.3, -0.25) is 0 Å². The van der Waals surface area contributed by atoms with Gasteiger partial charge in [0, 0.05) is 18.3 Å². The Morgan fingerprint density at radius 1 is 1.00 bits per heavy atom. The first-order chi connectivity index (χ1) is 12.7. The van der Waals surface area contributed by atoms with E-state index in [0.717, 1.165) is 25.7 Å². The molecule has 0 aliphatic rings. The summed E-state index contributed by atoms with van der Waals surface area (Å²) >= 11 is 0. The van der Waals surface area contributed by atoms with Crippen molar-refractivity contribution in [2.75, 3.05) is 0 Å². The molecule has 0 fully saturated rings. The summed E-state index contributed by atoms with van der Waals surface area (Å²) in [5.41, 5.74) is 0.